The van der Waals surface area contributed by atoms with E-state index in [1.54, 1.807) is 23.4 Å². The van der Waals surface area contributed by atoms with E-state index >= 15 is 0 Å². The van der Waals surface area contributed by atoms with Crippen LogP contribution < -0.4 is 10.6 Å². The fourth-order valence-electron chi connectivity index (χ4n) is 2.75. The van der Waals surface area contributed by atoms with E-state index in [4.69, 9.17) is 10.5 Å². The first-order chi connectivity index (χ1) is 12.4. The predicted molar refractivity (Wildman–Crippen MR) is 97.5 cm³/mol. The van der Waals surface area contributed by atoms with Crippen LogP contribution in [0.1, 0.15) is 19.4 Å². The molecule has 2 amide bonds. The van der Waals surface area contributed by atoms with Crippen LogP contribution in [-0.2, 0) is 9.53 Å². The standard InChI is InChI=1S/C17H22N6O3/c1-11(2)26-17(25)23-7-5-22(6-8-23)14-10-20-16-15(21-14)12(9-19-16)3-4-13(18)24/h3-4,9-11H,5-8H2,1-2H3,(H2,18,24)(H,19,20)/b4-3+. The quantitative estimate of drug-likeness (QED) is 0.791. The zero-order chi connectivity index (χ0) is 18.7. The van der Waals surface area contributed by atoms with Gasteiger partial charge in [-0.05, 0) is 19.9 Å². The van der Waals surface area contributed by atoms with Crippen LogP contribution in [0.3, 0.4) is 0 Å². The summed E-state index contributed by atoms with van der Waals surface area (Å²) in [6.07, 6.45) is 5.91. The van der Waals surface area contributed by atoms with E-state index in [1.807, 2.05) is 13.8 Å². The predicted octanol–water partition coefficient (Wildman–Crippen LogP) is 1.12. The van der Waals surface area contributed by atoms with Crippen LogP contribution in [0.4, 0.5) is 10.6 Å². The second-order valence-electron chi connectivity index (χ2n) is 6.31. The molecule has 1 aliphatic heterocycles. The average molecular weight is 358 g/mol. The molecule has 1 aliphatic rings. The SMILES string of the molecule is CC(C)OC(=O)N1CCN(c2cnc3[nH]cc(/C=C/C(N)=O)c3n2)CC1. The molecular formula is C17H22N6O3. The molecule has 1 saturated heterocycles. The third kappa shape index (κ3) is 3.93. The fraction of sp³-hybridized carbons (Fsp3) is 0.412. The third-order valence-corrected chi connectivity index (χ3v) is 4.02. The summed E-state index contributed by atoms with van der Waals surface area (Å²) in [6, 6.07) is 0. The van der Waals surface area contributed by atoms with Crippen molar-refractivity contribution in [2.75, 3.05) is 31.1 Å². The third-order valence-electron chi connectivity index (χ3n) is 4.02. The number of hydrogen-bond acceptors (Lipinski definition) is 6. The summed E-state index contributed by atoms with van der Waals surface area (Å²) in [7, 11) is 0. The number of fused-ring (bicyclic) bond motifs is 1. The average Bonchev–Trinajstić information content (AvgIpc) is 3.01. The number of ether oxygens (including phenoxy) is 1. The molecule has 138 valence electrons. The number of aromatic nitrogens is 3. The monoisotopic (exact) mass is 358 g/mol. The van der Waals surface area contributed by atoms with Gasteiger partial charge in [-0.25, -0.2) is 14.8 Å². The lowest BCUT2D eigenvalue weighted by Gasteiger charge is -2.34. The Hall–Kier alpha value is -3.10. The zero-order valence-corrected chi connectivity index (χ0v) is 14.8. The highest BCUT2D eigenvalue weighted by atomic mass is 16.6. The number of carbonyl (C=O) groups excluding carboxylic acids is 2. The number of amides is 2. The van der Waals surface area contributed by atoms with Crippen molar-refractivity contribution in [3.63, 3.8) is 0 Å². The van der Waals surface area contributed by atoms with Crippen LogP contribution in [0.25, 0.3) is 17.2 Å². The van der Waals surface area contributed by atoms with Crippen molar-refractivity contribution >= 4 is 35.1 Å². The number of nitrogens with two attached hydrogens (primary N) is 1. The van der Waals surface area contributed by atoms with E-state index in [2.05, 4.69) is 19.9 Å². The van der Waals surface area contributed by atoms with Crippen molar-refractivity contribution in [2.45, 2.75) is 20.0 Å². The Morgan fingerprint density at radius 1 is 1.31 bits per heavy atom. The molecule has 3 rings (SSSR count). The van der Waals surface area contributed by atoms with Gasteiger partial charge in [0.25, 0.3) is 0 Å². The Morgan fingerprint density at radius 2 is 2.04 bits per heavy atom. The maximum absolute atomic E-state index is 12.0. The lowest BCUT2D eigenvalue weighted by Crippen LogP contribution is -2.49. The van der Waals surface area contributed by atoms with Gasteiger partial charge in [0.05, 0.1) is 12.3 Å². The second-order valence-corrected chi connectivity index (χ2v) is 6.31. The summed E-state index contributed by atoms with van der Waals surface area (Å²) in [5.41, 5.74) is 7.19. The van der Waals surface area contributed by atoms with Gasteiger partial charge in [-0.2, -0.15) is 0 Å². The van der Waals surface area contributed by atoms with Gasteiger partial charge < -0.3 is 25.3 Å². The molecule has 0 unspecified atom stereocenters. The fourth-order valence-corrected chi connectivity index (χ4v) is 2.75. The number of rotatable bonds is 4. The van der Waals surface area contributed by atoms with E-state index < -0.39 is 5.91 Å². The normalized spacial score (nSPS) is 15.2. The van der Waals surface area contributed by atoms with Crippen molar-refractivity contribution in [3.05, 3.63) is 24.0 Å². The lowest BCUT2D eigenvalue weighted by molar-refractivity contribution is -0.113. The van der Waals surface area contributed by atoms with Gasteiger partial charge in [0.2, 0.25) is 5.91 Å². The Bertz CT molecular complexity index is 836. The number of H-pyrrole nitrogens is 1. The summed E-state index contributed by atoms with van der Waals surface area (Å²) >= 11 is 0. The van der Waals surface area contributed by atoms with Crippen molar-refractivity contribution in [1.29, 1.82) is 0 Å². The Morgan fingerprint density at radius 3 is 2.69 bits per heavy atom. The number of piperazine rings is 1. The number of hydrogen-bond donors (Lipinski definition) is 2. The minimum Gasteiger partial charge on any atom is -0.447 e. The zero-order valence-electron chi connectivity index (χ0n) is 14.8. The first-order valence-corrected chi connectivity index (χ1v) is 8.46. The molecule has 2 aromatic rings. The molecule has 26 heavy (non-hydrogen) atoms. The van der Waals surface area contributed by atoms with Crippen LogP contribution in [0.2, 0.25) is 0 Å². The van der Waals surface area contributed by atoms with Crippen molar-refractivity contribution in [1.82, 2.24) is 19.9 Å². The highest BCUT2D eigenvalue weighted by Crippen LogP contribution is 2.20. The minimum absolute atomic E-state index is 0.130. The number of primary amides is 1. The van der Waals surface area contributed by atoms with Gasteiger partial charge in [0.1, 0.15) is 11.3 Å². The summed E-state index contributed by atoms with van der Waals surface area (Å²) in [5, 5.41) is 0. The number of nitrogens with one attached hydrogen (secondary N) is 1. The van der Waals surface area contributed by atoms with Gasteiger partial charge in [0.15, 0.2) is 5.65 Å². The summed E-state index contributed by atoms with van der Waals surface area (Å²) in [6.45, 7) is 6.08. The second kappa shape index (κ2) is 7.42. The van der Waals surface area contributed by atoms with Crippen molar-refractivity contribution in [3.8, 4) is 0 Å². The van der Waals surface area contributed by atoms with Gasteiger partial charge in [-0.3, -0.25) is 4.79 Å². The summed E-state index contributed by atoms with van der Waals surface area (Å²) in [5.74, 6) is 0.204. The Kier molecular flexibility index (Phi) is 5.06. The van der Waals surface area contributed by atoms with Gasteiger partial charge in [0, 0.05) is 44.0 Å². The highest BCUT2D eigenvalue weighted by molar-refractivity contribution is 5.93. The van der Waals surface area contributed by atoms with Gasteiger partial charge >= 0.3 is 6.09 Å². The molecule has 0 aliphatic carbocycles. The van der Waals surface area contributed by atoms with E-state index in [0.717, 1.165) is 11.4 Å². The molecule has 0 aromatic carbocycles. The van der Waals surface area contributed by atoms with Crippen LogP contribution in [0.5, 0.6) is 0 Å². The number of carbonyl (C=O) groups is 2. The van der Waals surface area contributed by atoms with E-state index in [1.165, 1.54) is 6.08 Å². The molecule has 2 aromatic heterocycles. The topological polar surface area (TPSA) is 117 Å². The summed E-state index contributed by atoms with van der Waals surface area (Å²) in [4.78, 5) is 38.7. The largest absolute Gasteiger partial charge is 0.447 e. The lowest BCUT2D eigenvalue weighted by atomic mass is 10.2. The molecule has 0 radical (unpaired) electrons. The molecule has 0 saturated carbocycles. The summed E-state index contributed by atoms with van der Waals surface area (Å²) < 4.78 is 5.23. The minimum atomic E-state index is -0.520. The molecule has 9 heteroatoms. The van der Waals surface area contributed by atoms with E-state index in [0.29, 0.717) is 37.3 Å². The molecule has 1 fully saturated rings. The van der Waals surface area contributed by atoms with Crippen LogP contribution in [0.15, 0.2) is 18.5 Å². The van der Waals surface area contributed by atoms with Crippen LogP contribution in [0, 0.1) is 0 Å². The molecule has 0 atom stereocenters. The smallest absolute Gasteiger partial charge is 0.410 e. The first kappa shape index (κ1) is 17.7. The molecule has 3 heterocycles. The maximum atomic E-state index is 12.0. The molecule has 9 nitrogen and oxygen atoms in total. The van der Waals surface area contributed by atoms with Crippen LogP contribution in [-0.4, -0.2) is 64.1 Å². The van der Waals surface area contributed by atoms with Gasteiger partial charge in [-0.15, -0.1) is 0 Å². The van der Waals surface area contributed by atoms with Crippen LogP contribution >= 0.6 is 0 Å². The Balaban J connectivity index is 1.72. The van der Waals surface area contributed by atoms with Crippen molar-refractivity contribution in [2.24, 2.45) is 5.73 Å². The highest BCUT2D eigenvalue weighted by Gasteiger charge is 2.24. The van der Waals surface area contributed by atoms with E-state index in [-0.39, 0.29) is 12.2 Å². The molecule has 3 N–H and O–H groups in total. The number of aromatic amines is 1. The number of nitrogens with zero attached hydrogens (tertiary/aromatic N) is 4. The number of anilines is 1. The van der Waals surface area contributed by atoms with E-state index in [9.17, 15) is 9.59 Å². The van der Waals surface area contributed by atoms with Crippen molar-refractivity contribution < 1.29 is 14.3 Å². The first-order valence-electron chi connectivity index (χ1n) is 8.46. The maximum Gasteiger partial charge on any atom is 0.410 e. The molecule has 0 spiro atoms. The van der Waals surface area contributed by atoms with Gasteiger partial charge in [-0.1, -0.05) is 0 Å². The Labute approximate surface area is 150 Å². The molecular weight excluding hydrogens is 336 g/mol. The molecule has 0 bridgehead atoms.